The van der Waals surface area contributed by atoms with Crippen molar-refractivity contribution in [3.8, 4) is 5.75 Å². The third-order valence-electron chi connectivity index (χ3n) is 4.14. The lowest BCUT2D eigenvalue weighted by Gasteiger charge is -2.13. The van der Waals surface area contributed by atoms with Crippen LogP contribution in [0, 0.1) is 0 Å². The zero-order valence-corrected chi connectivity index (χ0v) is 16.2. The number of benzene rings is 2. The number of rotatable bonds is 8. The van der Waals surface area contributed by atoms with Crippen LogP contribution in [-0.4, -0.2) is 19.2 Å². The summed E-state index contributed by atoms with van der Waals surface area (Å²) in [6, 6.07) is 20.6. The number of thiophene rings is 1. The van der Waals surface area contributed by atoms with Crippen LogP contribution in [0.2, 0.25) is 0 Å². The molecule has 0 unspecified atom stereocenters. The van der Waals surface area contributed by atoms with Gasteiger partial charge in [-0.05, 0) is 34.7 Å². The van der Waals surface area contributed by atoms with Crippen LogP contribution in [0.4, 0.5) is 0 Å². The Kier molecular flexibility index (Phi) is 7.90. The normalized spacial score (nSPS) is 9.81. The minimum Gasteiger partial charge on any atom is -0.497 e. The molecule has 140 valence electrons. The summed E-state index contributed by atoms with van der Waals surface area (Å²) >= 11 is 1.77. The quantitative estimate of drug-likeness (QED) is 0.412. The van der Waals surface area contributed by atoms with Gasteiger partial charge in [0, 0.05) is 23.3 Å². The topological polar surface area (TPSA) is 50.0 Å². The third kappa shape index (κ3) is 5.60. The van der Waals surface area contributed by atoms with Gasteiger partial charge in [-0.1, -0.05) is 54.8 Å². The Morgan fingerprint density at radius 2 is 1.93 bits per heavy atom. The summed E-state index contributed by atoms with van der Waals surface area (Å²) in [5.41, 5.74) is 6.43. The van der Waals surface area contributed by atoms with E-state index in [1.807, 2.05) is 24.3 Å². The van der Waals surface area contributed by atoms with Crippen molar-refractivity contribution in [2.45, 2.75) is 12.8 Å². The van der Waals surface area contributed by atoms with Crippen LogP contribution in [0.15, 0.2) is 78.4 Å². The highest BCUT2D eigenvalue weighted by Gasteiger charge is 2.10. The van der Waals surface area contributed by atoms with Crippen molar-refractivity contribution in [3.63, 3.8) is 0 Å². The van der Waals surface area contributed by atoms with Gasteiger partial charge >= 0.3 is 0 Å². The summed E-state index contributed by atoms with van der Waals surface area (Å²) in [5.74, 6) is 1.57. The maximum Gasteiger partial charge on any atom is 0.169 e. The summed E-state index contributed by atoms with van der Waals surface area (Å²) in [6.45, 7) is 4.39. The van der Waals surface area contributed by atoms with E-state index < -0.39 is 0 Å². The fraction of sp³-hybridized carbons (Fsp3) is 0.174. The summed E-state index contributed by atoms with van der Waals surface area (Å²) in [5, 5.41) is 2.10. The van der Waals surface area contributed by atoms with E-state index in [-0.39, 0.29) is 5.48 Å². The first-order valence-corrected chi connectivity index (χ1v) is 9.44. The second kappa shape index (κ2) is 10.4. The largest absolute Gasteiger partial charge is 0.497 e. The fourth-order valence-corrected chi connectivity index (χ4v) is 3.55. The van der Waals surface area contributed by atoms with Crippen molar-refractivity contribution in [1.29, 1.82) is 0 Å². The first kappa shape index (κ1) is 20.5. The molecular formula is C23H24O3S. The van der Waals surface area contributed by atoms with Crippen molar-refractivity contribution < 1.29 is 14.9 Å². The van der Waals surface area contributed by atoms with Crippen molar-refractivity contribution in [1.82, 2.24) is 0 Å². The Hall–Kier alpha value is -2.78. The maximum absolute atomic E-state index is 6.02. The molecule has 2 aromatic carbocycles. The van der Waals surface area contributed by atoms with Gasteiger partial charge in [0.15, 0.2) is 5.76 Å². The van der Waals surface area contributed by atoms with E-state index in [1.165, 1.54) is 16.0 Å². The third-order valence-corrected chi connectivity index (χ3v) is 5.02. The maximum atomic E-state index is 6.02. The average molecular weight is 381 g/mol. The molecule has 0 aliphatic carbocycles. The Balaban J connectivity index is 0.00000261. The zero-order valence-electron chi connectivity index (χ0n) is 15.4. The molecular weight excluding hydrogens is 356 g/mol. The molecule has 4 heteroatoms. The van der Waals surface area contributed by atoms with Gasteiger partial charge in [-0.15, -0.1) is 11.3 Å². The molecule has 2 N–H and O–H groups in total. The molecule has 3 aromatic rings. The van der Waals surface area contributed by atoms with Gasteiger partial charge < -0.3 is 14.9 Å². The van der Waals surface area contributed by atoms with Crippen molar-refractivity contribution in [2.75, 3.05) is 13.7 Å². The lowest BCUT2D eigenvalue weighted by molar-refractivity contribution is 0.281. The van der Waals surface area contributed by atoms with Gasteiger partial charge in [0.2, 0.25) is 0 Å². The molecule has 3 rings (SSSR count). The molecule has 1 heterocycles. The van der Waals surface area contributed by atoms with Crippen molar-refractivity contribution in [3.05, 3.63) is 99.9 Å². The van der Waals surface area contributed by atoms with Crippen molar-refractivity contribution in [2.24, 2.45) is 0 Å². The monoisotopic (exact) mass is 380 g/mol. The molecule has 3 nitrogen and oxygen atoms in total. The van der Waals surface area contributed by atoms with Crippen LogP contribution >= 0.6 is 11.3 Å². The molecule has 0 aliphatic heterocycles. The highest BCUT2D eigenvalue weighted by molar-refractivity contribution is 7.09. The first-order valence-electron chi connectivity index (χ1n) is 8.56. The number of hydrogen-bond donors (Lipinski definition) is 0. The molecule has 0 aliphatic rings. The second-order valence-electron chi connectivity index (χ2n) is 5.87. The highest BCUT2D eigenvalue weighted by Crippen LogP contribution is 2.24. The fourth-order valence-electron chi connectivity index (χ4n) is 2.82. The molecule has 0 amide bonds. The lowest BCUT2D eigenvalue weighted by atomic mass is 10.0. The van der Waals surface area contributed by atoms with Gasteiger partial charge in [-0.3, -0.25) is 0 Å². The van der Waals surface area contributed by atoms with E-state index >= 15 is 0 Å². The van der Waals surface area contributed by atoms with Crippen LogP contribution in [0.1, 0.15) is 21.6 Å². The molecule has 1 aromatic heterocycles. The smallest absolute Gasteiger partial charge is 0.169 e. The summed E-state index contributed by atoms with van der Waals surface area (Å²) in [6.07, 6.45) is 1.69. The Morgan fingerprint density at radius 1 is 1.07 bits per heavy atom. The Bertz CT molecular complexity index is 894. The van der Waals surface area contributed by atoms with Gasteiger partial charge in [0.1, 0.15) is 5.75 Å². The molecule has 0 radical (unpaired) electrons. The van der Waals surface area contributed by atoms with E-state index in [4.69, 9.17) is 9.47 Å². The second-order valence-corrected chi connectivity index (χ2v) is 6.90. The number of hydrogen-bond acceptors (Lipinski definition) is 3. The Morgan fingerprint density at radius 3 is 2.67 bits per heavy atom. The number of ether oxygens (including phenoxy) is 2. The van der Waals surface area contributed by atoms with E-state index in [9.17, 15) is 0 Å². The molecule has 0 saturated heterocycles. The highest BCUT2D eigenvalue weighted by atomic mass is 32.1. The van der Waals surface area contributed by atoms with Crippen LogP contribution in [-0.2, 0) is 17.6 Å². The standard InChI is InChI=1S/C23H22O2S.H2O/c1-3-23(25-14-13-18-8-6-10-20(16-18)24-2)22-12-5-4-9-19(22)17-21-11-7-15-26-21;/h4-12,15-16H,1,13-14,17H2,2H3;1H2. The van der Waals surface area contributed by atoms with Crippen LogP contribution in [0.5, 0.6) is 5.75 Å². The predicted octanol–water partition coefficient (Wildman–Crippen LogP) is 4.91. The van der Waals surface area contributed by atoms with Crippen LogP contribution in [0.25, 0.3) is 5.76 Å². The van der Waals surface area contributed by atoms with Gasteiger partial charge in [0.25, 0.3) is 0 Å². The van der Waals surface area contributed by atoms with Gasteiger partial charge in [0.05, 0.1) is 13.7 Å². The molecule has 0 fully saturated rings. The lowest BCUT2D eigenvalue weighted by Crippen LogP contribution is -2.01. The molecule has 27 heavy (non-hydrogen) atoms. The zero-order chi connectivity index (χ0) is 18.2. The van der Waals surface area contributed by atoms with Gasteiger partial charge in [-0.2, -0.15) is 0 Å². The minimum atomic E-state index is 0. The molecule has 0 bridgehead atoms. The summed E-state index contributed by atoms with van der Waals surface area (Å²) in [4.78, 5) is 1.33. The van der Waals surface area contributed by atoms with Crippen LogP contribution < -0.4 is 4.74 Å². The predicted molar refractivity (Wildman–Crippen MR) is 112 cm³/mol. The van der Waals surface area contributed by atoms with Gasteiger partial charge in [-0.25, -0.2) is 0 Å². The first-order chi connectivity index (χ1) is 12.8. The van der Waals surface area contributed by atoms with E-state index in [0.29, 0.717) is 12.4 Å². The molecule has 0 spiro atoms. The molecule has 0 saturated carbocycles. The number of methoxy groups -OCH3 is 1. The van der Waals surface area contributed by atoms with Crippen LogP contribution in [0.3, 0.4) is 0 Å². The summed E-state index contributed by atoms with van der Waals surface area (Å²) in [7, 11) is 1.68. The van der Waals surface area contributed by atoms with E-state index in [0.717, 1.165) is 24.2 Å². The average Bonchev–Trinajstić information content (AvgIpc) is 3.19. The summed E-state index contributed by atoms with van der Waals surface area (Å²) < 4.78 is 11.3. The SMILES string of the molecule is C=C=C(OCCc1cccc(OC)c1)c1ccccc1Cc1cccs1.O. The van der Waals surface area contributed by atoms with E-state index in [1.54, 1.807) is 18.4 Å². The minimum absolute atomic E-state index is 0. The van der Waals surface area contributed by atoms with E-state index in [2.05, 4.69) is 54.1 Å². The van der Waals surface area contributed by atoms with Crippen molar-refractivity contribution >= 4 is 17.1 Å². The Labute approximate surface area is 164 Å². The molecule has 0 atom stereocenters.